The van der Waals surface area contributed by atoms with Crippen molar-refractivity contribution in [1.29, 1.82) is 0 Å². The Morgan fingerprint density at radius 2 is 2.36 bits per heavy atom. The molecule has 0 amide bonds. The third-order valence-corrected chi connectivity index (χ3v) is 2.05. The van der Waals surface area contributed by atoms with Gasteiger partial charge >= 0.3 is 0 Å². The van der Waals surface area contributed by atoms with Crippen molar-refractivity contribution in [1.82, 2.24) is 30.0 Å². The Morgan fingerprint density at radius 3 is 3.00 bits per heavy atom. The third kappa shape index (κ3) is 1.95. The number of tetrazole rings is 1. The average Bonchev–Trinajstić information content (AvgIpc) is 2.78. The molecule has 6 nitrogen and oxygen atoms in total. The average molecular weight is 192 g/mol. The van der Waals surface area contributed by atoms with Crippen LogP contribution in [0.3, 0.4) is 0 Å². The monoisotopic (exact) mass is 192 g/mol. The highest BCUT2D eigenvalue weighted by Gasteiger charge is 2.01. The van der Waals surface area contributed by atoms with E-state index in [0.29, 0.717) is 0 Å². The summed E-state index contributed by atoms with van der Waals surface area (Å²) in [5.41, 5.74) is 0. The van der Waals surface area contributed by atoms with Crippen LogP contribution >= 0.6 is 0 Å². The van der Waals surface area contributed by atoms with Gasteiger partial charge in [-0.1, -0.05) is 0 Å². The molecule has 2 aromatic rings. The van der Waals surface area contributed by atoms with Crippen molar-refractivity contribution in [3.8, 4) is 0 Å². The fourth-order valence-electron chi connectivity index (χ4n) is 1.29. The van der Waals surface area contributed by atoms with Crippen LogP contribution in [0.25, 0.3) is 0 Å². The molecule has 0 saturated carbocycles. The van der Waals surface area contributed by atoms with Gasteiger partial charge < -0.3 is 0 Å². The molecule has 2 heterocycles. The van der Waals surface area contributed by atoms with E-state index in [4.69, 9.17) is 0 Å². The van der Waals surface area contributed by atoms with Gasteiger partial charge in [-0.2, -0.15) is 5.10 Å². The van der Waals surface area contributed by atoms with E-state index < -0.39 is 0 Å². The van der Waals surface area contributed by atoms with E-state index in [1.807, 2.05) is 24.0 Å². The Balaban J connectivity index is 1.81. The highest BCUT2D eigenvalue weighted by molar-refractivity contribution is 4.81. The van der Waals surface area contributed by atoms with Crippen molar-refractivity contribution >= 4 is 0 Å². The minimum atomic E-state index is 0.878. The van der Waals surface area contributed by atoms with Crippen LogP contribution in [0.1, 0.15) is 12.2 Å². The van der Waals surface area contributed by atoms with Gasteiger partial charge in [-0.15, -0.1) is 5.10 Å². The minimum Gasteiger partial charge on any atom is -0.273 e. The molecule has 6 heteroatoms. The van der Waals surface area contributed by atoms with E-state index in [0.717, 1.165) is 25.2 Å². The van der Waals surface area contributed by atoms with Crippen LogP contribution < -0.4 is 0 Å². The van der Waals surface area contributed by atoms with Crippen LogP contribution in [0.4, 0.5) is 0 Å². The molecule has 14 heavy (non-hydrogen) atoms. The molecule has 0 aromatic carbocycles. The summed E-state index contributed by atoms with van der Waals surface area (Å²) < 4.78 is 3.60. The number of aryl methyl sites for hydroxylation is 3. The molecule has 0 aliphatic carbocycles. The Morgan fingerprint density at radius 1 is 1.43 bits per heavy atom. The zero-order chi connectivity index (χ0) is 9.80. The van der Waals surface area contributed by atoms with Gasteiger partial charge in [-0.25, -0.2) is 4.68 Å². The molecular weight excluding hydrogens is 180 g/mol. The van der Waals surface area contributed by atoms with Gasteiger partial charge in [-0.3, -0.25) is 4.68 Å². The van der Waals surface area contributed by atoms with Crippen molar-refractivity contribution in [2.75, 3.05) is 0 Å². The van der Waals surface area contributed by atoms with E-state index in [1.54, 1.807) is 10.9 Å². The second kappa shape index (κ2) is 3.99. The summed E-state index contributed by atoms with van der Waals surface area (Å²) in [6, 6.07) is 1.92. The summed E-state index contributed by atoms with van der Waals surface area (Å²) in [5, 5.41) is 15.4. The lowest BCUT2D eigenvalue weighted by molar-refractivity contribution is 0.559. The van der Waals surface area contributed by atoms with Gasteiger partial charge in [0.15, 0.2) is 5.82 Å². The van der Waals surface area contributed by atoms with E-state index in [9.17, 15) is 0 Å². The van der Waals surface area contributed by atoms with Crippen LogP contribution in [-0.4, -0.2) is 30.0 Å². The van der Waals surface area contributed by atoms with E-state index in [2.05, 4.69) is 20.6 Å². The molecule has 0 N–H and O–H groups in total. The highest BCUT2D eigenvalue weighted by atomic mass is 15.5. The maximum atomic E-state index is 4.12. The molecular formula is C8H12N6. The first-order valence-electron chi connectivity index (χ1n) is 4.55. The van der Waals surface area contributed by atoms with Gasteiger partial charge in [0.1, 0.15) is 0 Å². The molecule has 0 unspecified atom stereocenters. The summed E-state index contributed by atoms with van der Waals surface area (Å²) in [6.07, 6.45) is 5.61. The number of hydrogen-bond donors (Lipinski definition) is 0. The molecule has 0 aliphatic rings. The first-order chi connectivity index (χ1) is 6.86. The number of nitrogens with zero attached hydrogens (tertiary/aromatic N) is 6. The molecule has 2 rings (SSSR count). The summed E-state index contributed by atoms with van der Waals surface area (Å²) >= 11 is 0. The first kappa shape index (κ1) is 8.86. The molecule has 0 aliphatic heterocycles. The van der Waals surface area contributed by atoms with Gasteiger partial charge in [0.05, 0.1) is 0 Å². The molecule has 0 bridgehead atoms. The van der Waals surface area contributed by atoms with Gasteiger partial charge in [0.25, 0.3) is 0 Å². The standard InChI is InChI=1S/C8H12N6/c1-13-8(10-11-12-13)4-2-6-14-7-3-5-9-14/h3,5,7H,2,4,6H2,1H3. The van der Waals surface area contributed by atoms with Crippen molar-refractivity contribution in [2.45, 2.75) is 19.4 Å². The molecule has 0 radical (unpaired) electrons. The fraction of sp³-hybridized carbons (Fsp3) is 0.500. The second-order valence-corrected chi connectivity index (χ2v) is 3.09. The quantitative estimate of drug-likeness (QED) is 0.686. The molecule has 2 aromatic heterocycles. The Kier molecular flexibility index (Phi) is 2.53. The van der Waals surface area contributed by atoms with Crippen LogP contribution in [0.5, 0.6) is 0 Å². The molecule has 0 fully saturated rings. The summed E-state index contributed by atoms with van der Waals surface area (Å²) in [4.78, 5) is 0. The summed E-state index contributed by atoms with van der Waals surface area (Å²) in [7, 11) is 1.85. The molecule has 0 spiro atoms. The Bertz CT molecular complexity index is 376. The molecule has 0 saturated heterocycles. The van der Waals surface area contributed by atoms with Crippen LogP contribution in [0.15, 0.2) is 18.5 Å². The topological polar surface area (TPSA) is 61.4 Å². The van der Waals surface area contributed by atoms with Crippen molar-refractivity contribution in [3.05, 3.63) is 24.3 Å². The zero-order valence-electron chi connectivity index (χ0n) is 8.04. The minimum absolute atomic E-state index is 0.878. The van der Waals surface area contributed by atoms with Gasteiger partial charge in [0, 0.05) is 32.4 Å². The second-order valence-electron chi connectivity index (χ2n) is 3.09. The summed E-state index contributed by atoms with van der Waals surface area (Å²) in [5.74, 6) is 0.914. The number of rotatable bonds is 4. The van der Waals surface area contributed by atoms with Gasteiger partial charge in [-0.05, 0) is 22.9 Å². The van der Waals surface area contributed by atoms with Crippen LogP contribution in [-0.2, 0) is 20.0 Å². The predicted octanol–water partition coefficient (Wildman–Crippen LogP) is 0.0394. The maximum Gasteiger partial charge on any atom is 0.150 e. The smallest absolute Gasteiger partial charge is 0.150 e. The normalized spacial score (nSPS) is 10.6. The zero-order valence-corrected chi connectivity index (χ0v) is 8.04. The molecule has 74 valence electrons. The first-order valence-corrected chi connectivity index (χ1v) is 4.55. The number of aromatic nitrogens is 6. The lowest BCUT2D eigenvalue weighted by Gasteiger charge is -2.00. The van der Waals surface area contributed by atoms with Crippen molar-refractivity contribution < 1.29 is 0 Å². The van der Waals surface area contributed by atoms with E-state index in [1.165, 1.54) is 0 Å². The number of hydrogen-bond acceptors (Lipinski definition) is 4. The van der Waals surface area contributed by atoms with Gasteiger partial charge in [0.2, 0.25) is 0 Å². The lowest BCUT2D eigenvalue weighted by atomic mass is 10.3. The van der Waals surface area contributed by atoms with E-state index in [-0.39, 0.29) is 0 Å². The molecule has 0 atom stereocenters. The fourth-order valence-corrected chi connectivity index (χ4v) is 1.29. The van der Waals surface area contributed by atoms with E-state index >= 15 is 0 Å². The lowest BCUT2D eigenvalue weighted by Crippen LogP contribution is -2.04. The van der Waals surface area contributed by atoms with Crippen LogP contribution in [0, 0.1) is 0 Å². The third-order valence-electron chi connectivity index (χ3n) is 2.05. The summed E-state index contributed by atoms with van der Waals surface area (Å²) in [6.45, 7) is 0.903. The Labute approximate surface area is 81.5 Å². The highest BCUT2D eigenvalue weighted by Crippen LogP contribution is 1.97. The predicted molar refractivity (Wildman–Crippen MR) is 49.3 cm³/mol. The van der Waals surface area contributed by atoms with Crippen LogP contribution in [0.2, 0.25) is 0 Å². The largest absolute Gasteiger partial charge is 0.273 e. The maximum absolute atomic E-state index is 4.12. The Hall–Kier alpha value is -1.72. The SMILES string of the molecule is Cn1nnnc1CCCn1cccn1. The van der Waals surface area contributed by atoms with Crippen molar-refractivity contribution in [3.63, 3.8) is 0 Å². The van der Waals surface area contributed by atoms with Crippen molar-refractivity contribution in [2.24, 2.45) is 7.05 Å².